The van der Waals surface area contributed by atoms with Crippen molar-refractivity contribution in [1.29, 1.82) is 0 Å². The Balaban J connectivity index is 1.59. The molecule has 0 unspecified atom stereocenters. The fraction of sp³-hybridized carbons (Fsp3) is 0.286. The summed E-state index contributed by atoms with van der Waals surface area (Å²) in [6.07, 6.45) is 0.620. The van der Waals surface area contributed by atoms with Gasteiger partial charge in [0.05, 0.1) is 5.75 Å². The van der Waals surface area contributed by atoms with Crippen molar-refractivity contribution in [2.24, 2.45) is 7.05 Å². The number of nitrogens with zero attached hydrogens (tertiary/aromatic N) is 3. The van der Waals surface area contributed by atoms with Crippen molar-refractivity contribution in [2.75, 3.05) is 11.1 Å². The number of ether oxygens (including phenoxy) is 1. The second kappa shape index (κ2) is 9.41. The van der Waals surface area contributed by atoms with Gasteiger partial charge in [0.1, 0.15) is 5.75 Å². The van der Waals surface area contributed by atoms with E-state index in [1.54, 1.807) is 0 Å². The van der Waals surface area contributed by atoms with Crippen LogP contribution >= 0.6 is 11.8 Å². The molecular weight excluding hydrogens is 372 g/mol. The highest BCUT2D eigenvalue weighted by atomic mass is 32.2. The Morgan fingerprint density at radius 1 is 1.14 bits per heavy atom. The van der Waals surface area contributed by atoms with Crippen LogP contribution in [0.15, 0.2) is 59.8 Å². The molecule has 0 fully saturated rings. The zero-order valence-electron chi connectivity index (χ0n) is 16.3. The molecule has 0 aliphatic heterocycles. The molecule has 0 aliphatic rings. The predicted octanol–water partition coefficient (Wildman–Crippen LogP) is 4.25. The van der Waals surface area contributed by atoms with Gasteiger partial charge >= 0.3 is 0 Å². The third-order valence-corrected chi connectivity index (χ3v) is 5.31. The Morgan fingerprint density at radius 3 is 2.61 bits per heavy atom. The molecule has 146 valence electrons. The van der Waals surface area contributed by atoms with Crippen LogP contribution in [-0.4, -0.2) is 26.4 Å². The van der Waals surface area contributed by atoms with Gasteiger partial charge in [-0.3, -0.25) is 4.79 Å². The maximum atomic E-state index is 12.3. The van der Waals surface area contributed by atoms with Crippen molar-refractivity contribution < 1.29 is 9.53 Å². The first kappa shape index (κ1) is 19.9. The fourth-order valence-electron chi connectivity index (χ4n) is 2.83. The van der Waals surface area contributed by atoms with Gasteiger partial charge < -0.3 is 14.6 Å². The lowest BCUT2D eigenvalue weighted by atomic mass is 10.1. The predicted molar refractivity (Wildman–Crippen MR) is 112 cm³/mol. The van der Waals surface area contributed by atoms with Crippen LogP contribution in [0, 0.1) is 0 Å². The molecule has 1 N–H and O–H groups in total. The van der Waals surface area contributed by atoms with E-state index in [2.05, 4.69) is 22.4 Å². The van der Waals surface area contributed by atoms with E-state index >= 15 is 0 Å². The van der Waals surface area contributed by atoms with Crippen LogP contribution in [0.25, 0.3) is 0 Å². The molecule has 0 spiro atoms. The summed E-state index contributed by atoms with van der Waals surface area (Å²) in [6.45, 7) is 4.00. The number of aryl methyl sites for hydroxylation is 1. The SMILES string of the molecule is CCc1ccccc1NC(=O)CSc1nnc([C@@H](C)Oc2ccccc2)n1C. The second-order valence-corrected chi connectivity index (χ2v) is 7.26. The maximum absolute atomic E-state index is 12.3. The highest BCUT2D eigenvalue weighted by molar-refractivity contribution is 7.99. The third-order valence-electron chi connectivity index (χ3n) is 4.29. The number of anilines is 1. The van der Waals surface area contributed by atoms with Gasteiger partial charge in [0, 0.05) is 12.7 Å². The number of aromatic nitrogens is 3. The zero-order chi connectivity index (χ0) is 19.9. The minimum Gasteiger partial charge on any atom is -0.483 e. The van der Waals surface area contributed by atoms with Gasteiger partial charge in [-0.05, 0) is 37.1 Å². The summed E-state index contributed by atoms with van der Waals surface area (Å²) in [4.78, 5) is 12.3. The lowest BCUT2D eigenvalue weighted by molar-refractivity contribution is -0.113. The van der Waals surface area contributed by atoms with Crippen molar-refractivity contribution in [3.05, 3.63) is 66.0 Å². The van der Waals surface area contributed by atoms with Gasteiger partial charge in [-0.25, -0.2) is 0 Å². The molecule has 2 aromatic carbocycles. The van der Waals surface area contributed by atoms with E-state index in [4.69, 9.17) is 4.74 Å². The highest BCUT2D eigenvalue weighted by Gasteiger charge is 2.18. The Hall–Kier alpha value is -2.80. The minimum absolute atomic E-state index is 0.0657. The first-order valence-electron chi connectivity index (χ1n) is 9.20. The molecule has 0 saturated heterocycles. The van der Waals surface area contributed by atoms with E-state index < -0.39 is 0 Å². The van der Waals surface area contributed by atoms with Crippen LogP contribution in [0.3, 0.4) is 0 Å². The number of para-hydroxylation sites is 2. The molecule has 1 aromatic heterocycles. The Labute approximate surface area is 169 Å². The molecule has 1 atom stereocenters. The number of hydrogen-bond donors (Lipinski definition) is 1. The normalized spacial score (nSPS) is 11.8. The van der Waals surface area contributed by atoms with E-state index in [1.807, 2.05) is 73.1 Å². The zero-order valence-corrected chi connectivity index (χ0v) is 17.1. The number of thioether (sulfide) groups is 1. The molecule has 1 amide bonds. The average Bonchev–Trinajstić information content (AvgIpc) is 3.08. The van der Waals surface area contributed by atoms with Crippen LogP contribution in [-0.2, 0) is 18.3 Å². The number of nitrogens with one attached hydrogen (secondary N) is 1. The van der Waals surface area contributed by atoms with Crippen molar-refractivity contribution >= 4 is 23.4 Å². The van der Waals surface area contributed by atoms with Crippen molar-refractivity contribution in [3.63, 3.8) is 0 Å². The number of benzene rings is 2. The standard InChI is InChI=1S/C21H24N4O2S/c1-4-16-10-8-9-13-18(16)22-19(26)14-28-21-24-23-20(25(21)3)15(2)27-17-11-6-5-7-12-17/h5-13,15H,4,14H2,1-3H3,(H,22,26)/t15-/m1/s1. The molecule has 6 nitrogen and oxygen atoms in total. The van der Waals surface area contributed by atoms with Crippen LogP contribution in [0.1, 0.15) is 31.3 Å². The van der Waals surface area contributed by atoms with Crippen LogP contribution in [0.5, 0.6) is 5.75 Å². The van der Waals surface area contributed by atoms with Gasteiger partial charge in [0.15, 0.2) is 17.1 Å². The molecule has 7 heteroatoms. The Morgan fingerprint density at radius 2 is 1.86 bits per heavy atom. The van der Waals surface area contributed by atoms with Gasteiger partial charge in [-0.2, -0.15) is 0 Å². The summed E-state index contributed by atoms with van der Waals surface area (Å²) in [5.41, 5.74) is 1.98. The maximum Gasteiger partial charge on any atom is 0.234 e. The molecule has 28 heavy (non-hydrogen) atoms. The monoisotopic (exact) mass is 396 g/mol. The number of carbonyl (C=O) groups excluding carboxylic acids is 1. The first-order valence-corrected chi connectivity index (χ1v) is 10.2. The summed E-state index contributed by atoms with van der Waals surface area (Å²) in [7, 11) is 1.88. The summed E-state index contributed by atoms with van der Waals surface area (Å²) >= 11 is 1.35. The summed E-state index contributed by atoms with van der Waals surface area (Å²) in [5.74, 6) is 1.69. The molecule has 0 radical (unpaired) electrons. The molecular formula is C21H24N4O2S. The van der Waals surface area contributed by atoms with E-state index in [9.17, 15) is 4.79 Å². The van der Waals surface area contributed by atoms with Crippen molar-refractivity contribution in [1.82, 2.24) is 14.8 Å². The largest absolute Gasteiger partial charge is 0.483 e. The number of amides is 1. The smallest absolute Gasteiger partial charge is 0.234 e. The summed E-state index contributed by atoms with van der Waals surface area (Å²) in [5, 5.41) is 12.1. The lowest BCUT2D eigenvalue weighted by Gasteiger charge is -2.14. The van der Waals surface area contributed by atoms with E-state index in [0.717, 1.165) is 23.4 Å². The van der Waals surface area contributed by atoms with Crippen molar-refractivity contribution in [3.8, 4) is 5.75 Å². The summed E-state index contributed by atoms with van der Waals surface area (Å²) < 4.78 is 7.78. The molecule has 3 aromatic rings. The Bertz CT molecular complexity index is 927. The quantitative estimate of drug-likeness (QED) is 0.577. The van der Waals surface area contributed by atoms with E-state index in [1.165, 1.54) is 11.8 Å². The highest BCUT2D eigenvalue weighted by Crippen LogP contribution is 2.24. The van der Waals surface area contributed by atoms with Crippen LogP contribution < -0.4 is 10.1 Å². The van der Waals surface area contributed by atoms with Gasteiger partial charge in [0.25, 0.3) is 0 Å². The fourth-order valence-corrected chi connectivity index (χ4v) is 3.55. The molecule has 3 rings (SSSR count). The summed E-state index contributed by atoms with van der Waals surface area (Å²) in [6, 6.07) is 17.4. The number of carbonyl (C=O) groups is 1. The van der Waals surface area contributed by atoms with E-state index in [0.29, 0.717) is 11.0 Å². The van der Waals surface area contributed by atoms with Crippen LogP contribution in [0.2, 0.25) is 0 Å². The first-order chi connectivity index (χ1) is 13.6. The molecule has 1 heterocycles. The minimum atomic E-state index is -0.250. The Kier molecular flexibility index (Phi) is 6.71. The number of hydrogen-bond acceptors (Lipinski definition) is 5. The van der Waals surface area contributed by atoms with E-state index in [-0.39, 0.29) is 17.8 Å². The molecule has 0 bridgehead atoms. The van der Waals surface area contributed by atoms with Crippen LogP contribution in [0.4, 0.5) is 5.69 Å². The topological polar surface area (TPSA) is 69.0 Å². The van der Waals surface area contributed by atoms with Gasteiger partial charge in [-0.1, -0.05) is 55.1 Å². The third kappa shape index (κ3) is 4.92. The van der Waals surface area contributed by atoms with Crippen molar-refractivity contribution in [2.45, 2.75) is 31.5 Å². The second-order valence-electron chi connectivity index (χ2n) is 6.32. The molecule has 0 aliphatic carbocycles. The lowest BCUT2D eigenvalue weighted by Crippen LogP contribution is -2.16. The van der Waals surface area contributed by atoms with Gasteiger partial charge in [0.2, 0.25) is 5.91 Å². The van der Waals surface area contributed by atoms with Gasteiger partial charge in [-0.15, -0.1) is 10.2 Å². The average molecular weight is 397 g/mol. The number of rotatable bonds is 8. The molecule has 0 saturated carbocycles.